The molecule has 0 saturated heterocycles. The predicted molar refractivity (Wildman–Crippen MR) is 111 cm³/mol. The molecular formula is C21H23N3O6. The number of hydrazone groups is 1. The maximum Gasteiger partial charge on any atom is 0.282 e. The minimum Gasteiger partial charge on any atom is -0.507 e. The Labute approximate surface area is 173 Å². The summed E-state index contributed by atoms with van der Waals surface area (Å²) in [6.07, 6.45) is 1.16. The molecule has 1 aliphatic heterocycles. The molecule has 0 fully saturated rings. The number of nitro benzene ring substituents is 1. The molecule has 2 aromatic carbocycles. The molecule has 3 rings (SSSR count). The zero-order chi connectivity index (χ0) is 22.0. The van der Waals surface area contributed by atoms with Crippen LogP contribution in [0.1, 0.15) is 66.6 Å². The van der Waals surface area contributed by atoms with E-state index >= 15 is 0 Å². The molecule has 0 bridgehead atoms. The van der Waals surface area contributed by atoms with E-state index in [-0.39, 0.29) is 46.9 Å². The highest BCUT2D eigenvalue weighted by atomic mass is 16.7. The summed E-state index contributed by atoms with van der Waals surface area (Å²) < 4.78 is 10.4. The molecule has 1 heterocycles. The third kappa shape index (κ3) is 4.19. The van der Waals surface area contributed by atoms with Crippen LogP contribution in [0.25, 0.3) is 0 Å². The van der Waals surface area contributed by atoms with Crippen molar-refractivity contribution >= 4 is 17.8 Å². The summed E-state index contributed by atoms with van der Waals surface area (Å²) in [5.74, 6) is 0.105. The van der Waals surface area contributed by atoms with Crippen molar-refractivity contribution < 1.29 is 24.3 Å². The molecule has 9 heteroatoms. The molecule has 0 atom stereocenters. The van der Waals surface area contributed by atoms with E-state index in [1.807, 2.05) is 33.8 Å². The van der Waals surface area contributed by atoms with Crippen LogP contribution in [0.15, 0.2) is 29.4 Å². The molecule has 0 saturated carbocycles. The molecule has 2 aromatic rings. The number of hydrogen-bond acceptors (Lipinski definition) is 7. The maximum absolute atomic E-state index is 12.6. The normalized spacial score (nSPS) is 12.7. The number of aromatic hydroxyl groups is 1. The SMILES string of the molecule is CC(C)c1cc(C(=O)N/N=C/c2cc3c(cc2[N+](=O)[O-])OCO3)c(O)c(C(C)C)c1. The fraction of sp³-hybridized carbons (Fsp3) is 0.333. The molecule has 0 aromatic heterocycles. The number of benzene rings is 2. The molecule has 158 valence electrons. The van der Waals surface area contributed by atoms with Crippen LogP contribution in [-0.4, -0.2) is 28.9 Å². The summed E-state index contributed by atoms with van der Waals surface area (Å²) in [6.45, 7) is 7.83. The van der Waals surface area contributed by atoms with Crippen LogP contribution in [-0.2, 0) is 0 Å². The number of phenols is 1. The summed E-state index contributed by atoms with van der Waals surface area (Å²) in [6, 6.07) is 6.18. The van der Waals surface area contributed by atoms with Gasteiger partial charge in [0.2, 0.25) is 6.79 Å². The van der Waals surface area contributed by atoms with Crippen molar-refractivity contribution in [2.75, 3.05) is 6.79 Å². The molecular weight excluding hydrogens is 390 g/mol. The fourth-order valence-corrected chi connectivity index (χ4v) is 3.06. The third-order valence-electron chi connectivity index (χ3n) is 4.78. The summed E-state index contributed by atoms with van der Waals surface area (Å²) in [5.41, 5.74) is 3.93. The van der Waals surface area contributed by atoms with Crippen LogP contribution in [0.2, 0.25) is 0 Å². The van der Waals surface area contributed by atoms with Crippen LogP contribution < -0.4 is 14.9 Å². The van der Waals surface area contributed by atoms with Crippen molar-refractivity contribution in [3.8, 4) is 17.2 Å². The number of carbonyl (C=O) groups is 1. The van der Waals surface area contributed by atoms with Crippen LogP contribution >= 0.6 is 0 Å². The van der Waals surface area contributed by atoms with Crippen molar-refractivity contribution in [1.29, 1.82) is 0 Å². The highest BCUT2D eigenvalue weighted by Crippen LogP contribution is 2.37. The Hall–Kier alpha value is -3.62. The van der Waals surface area contributed by atoms with E-state index in [0.717, 1.165) is 11.8 Å². The van der Waals surface area contributed by atoms with E-state index in [4.69, 9.17) is 9.47 Å². The number of carbonyl (C=O) groups excluding carboxylic acids is 1. The molecule has 1 aliphatic rings. The number of rotatable bonds is 6. The van der Waals surface area contributed by atoms with Crippen molar-refractivity contribution in [3.05, 3.63) is 56.6 Å². The van der Waals surface area contributed by atoms with Gasteiger partial charge in [0.25, 0.3) is 11.6 Å². The lowest BCUT2D eigenvalue weighted by atomic mass is 9.92. The second kappa shape index (κ2) is 8.40. The topological polar surface area (TPSA) is 123 Å². The zero-order valence-electron chi connectivity index (χ0n) is 17.1. The Morgan fingerprint density at radius 3 is 2.43 bits per heavy atom. The van der Waals surface area contributed by atoms with Crippen LogP contribution in [0.5, 0.6) is 17.2 Å². The van der Waals surface area contributed by atoms with Gasteiger partial charge in [0.1, 0.15) is 5.75 Å². The van der Waals surface area contributed by atoms with Gasteiger partial charge in [-0.1, -0.05) is 33.8 Å². The standard InChI is InChI=1S/C21H23N3O6/c1-11(2)13-5-15(12(3)4)20(25)16(6-13)21(26)23-22-9-14-7-18-19(30-10-29-18)8-17(14)24(27)28/h5-9,11-12,25H,10H2,1-4H3,(H,23,26)/b22-9+. The Bertz CT molecular complexity index is 1030. The summed E-state index contributed by atoms with van der Waals surface area (Å²) in [5, 5.41) is 25.7. The lowest BCUT2D eigenvalue weighted by molar-refractivity contribution is -0.385. The third-order valence-corrected chi connectivity index (χ3v) is 4.78. The lowest BCUT2D eigenvalue weighted by Crippen LogP contribution is -2.19. The van der Waals surface area contributed by atoms with E-state index in [9.17, 15) is 20.0 Å². The first-order chi connectivity index (χ1) is 14.2. The van der Waals surface area contributed by atoms with Gasteiger partial charge in [0, 0.05) is 0 Å². The number of hydrogen-bond donors (Lipinski definition) is 2. The minimum absolute atomic E-state index is 0.0204. The van der Waals surface area contributed by atoms with Crippen molar-refractivity contribution in [2.45, 2.75) is 39.5 Å². The van der Waals surface area contributed by atoms with Gasteiger partial charge in [-0.3, -0.25) is 14.9 Å². The first-order valence-corrected chi connectivity index (χ1v) is 9.47. The number of amides is 1. The molecule has 0 unspecified atom stereocenters. The molecule has 2 N–H and O–H groups in total. The molecule has 1 amide bonds. The molecule has 30 heavy (non-hydrogen) atoms. The highest BCUT2D eigenvalue weighted by molar-refractivity contribution is 5.98. The van der Waals surface area contributed by atoms with Crippen LogP contribution in [0.3, 0.4) is 0 Å². The largest absolute Gasteiger partial charge is 0.507 e. The number of nitrogens with one attached hydrogen (secondary N) is 1. The van der Waals surface area contributed by atoms with Gasteiger partial charge in [-0.15, -0.1) is 0 Å². The predicted octanol–water partition coefficient (Wildman–Crippen LogP) is 4.04. The zero-order valence-corrected chi connectivity index (χ0v) is 17.1. The second-order valence-corrected chi connectivity index (χ2v) is 7.54. The Kier molecular flexibility index (Phi) is 5.91. The highest BCUT2D eigenvalue weighted by Gasteiger charge is 2.23. The summed E-state index contributed by atoms with van der Waals surface area (Å²) in [7, 11) is 0. The molecule has 0 spiro atoms. The van der Waals surface area contributed by atoms with E-state index < -0.39 is 10.8 Å². The number of fused-ring (bicyclic) bond motifs is 1. The van der Waals surface area contributed by atoms with E-state index in [1.54, 1.807) is 6.07 Å². The van der Waals surface area contributed by atoms with Gasteiger partial charge in [-0.2, -0.15) is 5.10 Å². The van der Waals surface area contributed by atoms with E-state index in [0.29, 0.717) is 11.3 Å². The van der Waals surface area contributed by atoms with Gasteiger partial charge in [-0.05, 0) is 35.1 Å². The number of ether oxygens (including phenoxy) is 2. The molecule has 9 nitrogen and oxygen atoms in total. The number of nitrogens with zero attached hydrogens (tertiary/aromatic N) is 2. The lowest BCUT2D eigenvalue weighted by Gasteiger charge is -2.16. The molecule has 0 radical (unpaired) electrons. The van der Waals surface area contributed by atoms with Gasteiger partial charge in [0.15, 0.2) is 11.5 Å². The number of phenolic OH excluding ortho intramolecular Hbond substituents is 1. The summed E-state index contributed by atoms with van der Waals surface area (Å²) >= 11 is 0. The smallest absolute Gasteiger partial charge is 0.282 e. The van der Waals surface area contributed by atoms with Crippen molar-refractivity contribution in [3.63, 3.8) is 0 Å². The van der Waals surface area contributed by atoms with Crippen LogP contribution in [0.4, 0.5) is 5.69 Å². The van der Waals surface area contributed by atoms with Crippen molar-refractivity contribution in [1.82, 2.24) is 5.43 Å². The van der Waals surface area contributed by atoms with E-state index in [2.05, 4.69) is 10.5 Å². The Balaban J connectivity index is 1.88. The van der Waals surface area contributed by atoms with Gasteiger partial charge in [0.05, 0.1) is 28.3 Å². The van der Waals surface area contributed by atoms with Crippen molar-refractivity contribution in [2.24, 2.45) is 5.10 Å². The Morgan fingerprint density at radius 2 is 1.83 bits per heavy atom. The average Bonchev–Trinajstić information content (AvgIpc) is 3.14. The van der Waals surface area contributed by atoms with E-state index in [1.165, 1.54) is 12.1 Å². The van der Waals surface area contributed by atoms with Gasteiger partial charge in [-0.25, -0.2) is 5.43 Å². The van der Waals surface area contributed by atoms with Gasteiger partial charge >= 0.3 is 0 Å². The first-order valence-electron chi connectivity index (χ1n) is 9.47. The maximum atomic E-state index is 12.6. The first kappa shape index (κ1) is 21.1. The monoisotopic (exact) mass is 413 g/mol. The average molecular weight is 413 g/mol. The summed E-state index contributed by atoms with van der Waals surface area (Å²) in [4.78, 5) is 23.4. The van der Waals surface area contributed by atoms with Gasteiger partial charge < -0.3 is 14.6 Å². The van der Waals surface area contributed by atoms with Crippen LogP contribution in [0, 0.1) is 10.1 Å². The minimum atomic E-state index is -0.614. The quantitative estimate of drug-likeness (QED) is 0.418. The fourth-order valence-electron chi connectivity index (χ4n) is 3.06. The Morgan fingerprint density at radius 1 is 1.17 bits per heavy atom. The second-order valence-electron chi connectivity index (χ2n) is 7.54. The molecule has 0 aliphatic carbocycles. The number of nitro groups is 1.